The Hall–Kier alpha value is -2.44. The first kappa shape index (κ1) is 19.9. The molecule has 7 heteroatoms. The lowest BCUT2D eigenvalue weighted by atomic mass is 10.2. The Bertz CT molecular complexity index is 598. The number of rotatable bonds is 5. The summed E-state index contributed by atoms with van der Waals surface area (Å²) in [5.41, 5.74) is 0.767. The van der Waals surface area contributed by atoms with Crippen molar-refractivity contribution in [2.75, 3.05) is 38.1 Å². The molecule has 1 aromatic rings. The van der Waals surface area contributed by atoms with Gasteiger partial charge in [-0.25, -0.2) is 4.79 Å². The molecule has 0 saturated carbocycles. The number of carbonyl (C=O) groups excluding carboxylic acids is 1. The maximum atomic E-state index is 11.6. The number of guanidine groups is 1. The van der Waals surface area contributed by atoms with Crippen molar-refractivity contribution in [1.82, 2.24) is 16.0 Å². The summed E-state index contributed by atoms with van der Waals surface area (Å²) in [6, 6.07) is 10.8. The van der Waals surface area contributed by atoms with Crippen LogP contribution in [0.1, 0.15) is 27.2 Å². The zero-order chi connectivity index (χ0) is 19.0. The van der Waals surface area contributed by atoms with Crippen molar-refractivity contribution < 1.29 is 9.53 Å². The second-order valence-electron chi connectivity index (χ2n) is 7.34. The molecule has 2 rings (SSSR count). The van der Waals surface area contributed by atoms with Gasteiger partial charge in [0.2, 0.25) is 0 Å². The summed E-state index contributed by atoms with van der Waals surface area (Å²) in [7, 11) is 1.75. The third-order valence-electron chi connectivity index (χ3n) is 3.96. The topological polar surface area (TPSA) is 78.0 Å². The van der Waals surface area contributed by atoms with Gasteiger partial charge in [0.15, 0.2) is 5.96 Å². The molecule has 26 heavy (non-hydrogen) atoms. The van der Waals surface area contributed by atoms with Crippen LogP contribution in [0.25, 0.3) is 0 Å². The molecule has 0 spiro atoms. The first-order valence-corrected chi connectivity index (χ1v) is 9.11. The fourth-order valence-corrected chi connectivity index (χ4v) is 2.80. The smallest absolute Gasteiger partial charge is 0.407 e. The van der Waals surface area contributed by atoms with Gasteiger partial charge < -0.3 is 25.6 Å². The second kappa shape index (κ2) is 9.31. The SMILES string of the molecule is CN=C(NCCNC(=O)OC(C)(C)C)NC1CCN(c2ccccc2)C1. The number of anilines is 1. The van der Waals surface area contributed by atoms with Crippen LogP contribution in [0.4, 0.5) is 10.5 Å². The number of carbonyl (C=O) groups is 1. The average Bonchev–Trinajstić information content (AvgIpc) is 3.05. The van der Waals surface area contributed by atoms with Crippen LogP contribution in [0.3, 0.4) is 0 Å². The highest BCUT2D eigenvalue weighted by molar-refractivity contribution is 5.80. The predicted molar refractivity (Wildman–Crippen MR) is 106 cm³/mol. The number of hydrogen-bond acceptors (Lipinski definition) is 4. The molecular weight excluding hydrogens is 330 g/mol. The molecule has 0 aliphatic carbocycles. The molecule has 1 atom stereocenters. The standard InChI is InChI=1S/C19H31N5O2/c1-19(2,3)26-18(25)22-12-11-21-17(20-4)23-15-10-13-24(14-15)16-8-6-5-7-9-16/h5-9,15H,10-14H2,1-4H3,(H,22,25)(H2,20,21,23). The lowest BCUT2D eigenvalue weighted by Crippen LogP contribution is -2.46. The Kier molecular flexibility index (Phi) is 7.12. The predicted octanol–water partition coefficient (Wildman–Crippen LogP) is 1.96. The van der Waals surface area contributed by atoms with Crippen LogP contribution in [0.2, 0.25) is 0 Å². The molecule has 144 valence electrons. The lowest BCUT2D eigenvalue weighted by Gasteiger charge is -2.21. The number of para-hydroxylation sites is 1. The van der Waals surface area contributed by atoms with Crippen LogP contribution in [-0.2, 0) is 4.74 Å². The van der Waals surface area contributed by atoms with Crippen LogP contribution in [0.5, 0.6) is 0 Å². The summed E-state index contributed by atoms with van der Waals surface area (Å²) in [6.07, 6.45) is 0.655. The van der Waals surface area contributed by atoms with E-state index < -0.39 is 11.7 Å². The Morgan fingerprint density at radius 1 is 1.23 bits per heavy atom. The highest BCUT2D eigenvalue weighted by atomic mass is 16.6. The fraction of sp³-hybridized carbons (Fsp3) is 0.579. The first-order chi connectivity index (χ1) is 12.4. The summed E-state index contributed by atoms with van der Waals surface area (Å²) in [4.78, 5) is 18.2. The van der Waals surface area contributed by atoms with E-state index in [9.17, 15) is 4.79 Å². The Morgan fingerprint density at radius 3 is 2.58 bits per heavy atom. The van der Waals surface area contributed by atoms with Gasteiger partial charge >= 0.3 is 6.09 Å². The molecule has 1 aliphatic heterocycles. The maximum absolute atomic E-state index is 11.6. The zero-order valence-electron chi connectivity index (χ0n) is 16.2. The molecule has 1 fully saturated rings. The Balaban J connectivity index is 1.68. The van der Waals surface area contributed by atoms with E-state index in [1.165, 1.54) is 5.69 Å². The van der Waals surface area contributed by atoms with Crippen LogP contribution >= 0.6 is 0 Å². The molecule has 1 unspecified atom stereocenters. The molecule has 3 N–H and O–H groups in total. The number of ether oxygens (including phenoxy) is 1. The van der Waals surface area contributed by atoms with E-state index in [2.05, 4.69) is 50.1 Å². The van der Waals surface area contributed by atoms with Gasteiger partial charge in [0.05, 0.1) is 0 Å². The number of nitrogens with zero attached hydrogens (tertiary/aromatic N) is 2. The van der Waals surface area contributed by atoms with Gasteiger partial charge in [0.25, 0.3) is 0 Å². The number of nitrogens with one attached hydrogen (secondary N) is 3. The van der Waals surface area contributed by atoms with Gasteiger partial charge in [-0.05, 0) is 39.3 Å². The number of aliphatic imine (C=N–C) groups is 1. The van der Waals surface area contributed by atoms with Gasteiger partial charge in [0, 0.05) is 45.0 Å². The van der Waals surface area contributed by atoms with Crippen LogP contribution in [-0.4, -0.2) is 56.9 Å². The minimum Gasteiger partial charge on any atom is -0.444 e. The van der Waals surface area contributed by atoms with Crippen LogP contribution < -0.4 is 20.9 Å². The third-order valence-corrected chi connectivity index (χ3v) is 3.96. The van der Waals surface area contributed by atoms with Crippen LogP contribution in [0.15, 0.2) is 35.3 Å². The molecule has 7 nitrogen and oxygen atoms in total. The minimum atomic E-state index is -0.484. The van der Waals surface area contributed by atoms with Crippen molar-refractivity contribution in [2.24, 2.45) is 4.99 Å². The summed E-state index contributed by atoms with van der Waals surface area (Å²) in [5.74, 6) is 0.746. The van der Waals surface area contributed by atoms with Crippen molar-refractivity contribution in [2.45, 2.75) is 38.8 Å². The average molecular weight is 361 g/mol. The molecule has 0 bridgehead atoms. The number of hydrogen-bond donors (Lipinski definition) is 3. The van der Waals surface area contributed by atoms with Crippen molar-refractivity contribution in [3.63, 3.8) is 0 Å². The summed E-state index contributed by atoms with van der Waals surface area (Å²) >= 11 is 0. The lowest BCUT2D eigenvalue weighted by molar-refractivity contribution is 0.0529. The van der Waals surface area contributed by atoms with Crippen LogP contribution in [0, 0.1) is 0 Å². The van der Waals surface area contributed by atoms with E-state index in [1.807, 2.05) is 26.8 Å². The Morgan fingerprint density at radius 2 is 1.92 bits per heavy atom. The van der Waals surface area contributed by atoms with E-state index in [0.29, 0.717) is 19.1 Å². The fourth-order valence-electron chi connectivity index (χ4n) is 2.80. The monoisotopic (exact) mass is 361 g/mol. The summed E-state index contributed by atoms with van der Waals surface area (Å²) < 4.78 is 5.20. The largest absolute Gasteiger partial charge is 0.444 e. The molecule has 0 aromatic heterocycles. The third kappa shape index (κ3) is 6.82. The Labute approximate surface area is 156 Å². The minimum absolute atomic E-state index is 0.347. The van der Waals surface area contributed by atoms with Crippen molar-refractivity contribution in [3.8, 4) is 0 Å². The first-order valence-electron chi connectivity index (χ1n) is 9.11. The molecule has 0 radical (unpaired) electrons. The summed E-state index contributed by atoms with van der Waals surface area (Å²) in [6.45, 7) is 8.55. The molecule has 1 aliphatic rings. The molecular formula is C19H31N5O2. The van der Waals surface area contributed by atoms with Gasteiger partial charge in [-0.3, -0.25) is 4.99 Å². The second-order valence-corrected chi connectivity index (χ2v) is 7.34. The van der Waals surface area contributed by atoms with Crippen molar-refractivity contribution in [1.29, 1.82) is 0 Å². The van der Waals surface area contributed by atoms with Crippen molar-refractivity contribution in [3.05, 3.63) is 30.3 Å². The van der Waals surface area contributed by atoms with Gasteiger partial charge in [-0.15, -0.1) is 0 Å². The number of benzene rings is 1. The number of alkyl carbamates (subject to hydrolysis) is 1. The normalized spacial score (nSPS) is 17.8. The summed E-state index contributed by atoms with van der Waals surface area (Å²) in [5, 5.41) is 9.39. The molecule has 1 aromatic carbocycles. The maximum Gasteiger partial charge on any atom is 0.407 e. The quantitative estimate of drug-likeness (QED) is 0.424. The van der Waals surface area contributed by atoms with Gasteiger partial charge in [-0.1, -0.05) is 18.2 Å². The highest BCUT2D eigenvalue weighted by Crippen LogP contribution is 2.19. The van der Waals surface area contributed by atoms with E-state index in [-0.39, 0.29) is 0 Å². The van der Waals surface area contributed by atoms with E-state index in [0.717, 1.165) is 25.5 Å². The molecule has 1 amide bonds. The highest BCUT2D eigenvalue weighted by Gasteiger charge is 2.23. The molecule has 1 heterocycles. The number of amides is 1. The van der Waals surface area contributed by atoms with Crippen molar-refractivity contribution >= 4 is 17.7 Å². The molecule has 1 saturated heterocycles. The van der Waals surface area contributed by atoms with Gasteiger partial charge in [-0.2, -0.15) is 0 Å². The van der Waals surface area contributed by atoms with E-state index in [4.69, 9.17) is 4.74 Å². The van der Waals surface area contributed by atoms with E-state index in [1.54, 1.807) is 7.05 Å². The van der Waals surface area contributed by atoms with E-state index >= 15 is 0 Å². The zero-order valence-corrected chi connectivity index (χ0v) is 16.2. The van der Waals surface area contributed by atoms with Gasteiger partial charge in [0.1, 0.15) is 5.60 Å².